The average molecular weight is 323 g/mol. The maximum Gasteiger partial charge on any atom is 0.269 e. The third kappa shape index (κ3) is 3.58. The zero-order valence-electron chi connectivity index (χ0n) is 13.7. The van der Waals surface area contributed by atoms with Gasteiger partial charge in [-0.2, -0.15) is 5.26 Å². The molecular formula is C18H17N3O3. The van der Waals surface area contributed by atoms with Gasteiger partial charge in [-0.15, -0.1) is 0 Å². The Morgan fingerprint density at radius 2 is 1.88 bits per heavy atom. The fourth-order valence-electron chi connectivity index (χ4n) is 2.18. The van der Waals surface area contributed by atoms with Crippen LogP contribution in [-0.2, 0) is 4.79 Å². The summed E-state index contributed by atoms with van der Waals surface area (Å²) in [7, 11) is 0. The number of Topliss-reactive ketones (excluding diaryl/α,β-unsaturated/α-hetero) is 1. The van der Waals surface area contributed by atoms with Crippen molar-refractivity contribution in [3.63, 3.8) is 0 Å². The first-order valence-corrected chi connectivity index (χ1v) is 7.33. The first-order chi connectivity index (χ1) is 11.2. The highest BCUT2D eigenvalue weighted by Crippen LogP contribution is 2.23. The number of aromatic nitrogens is 1. The van der Waals surface area contributed by atoms with E-state index in [1.807, 2.05) is 6.07 Å². The van der Waals surface area contributed by atoms with Crippen molar-refractivity contribution in [2.75, 3.05) is 0 Å². The first-order valence-electron chi connectivity index (χ1n) is 7.33. The van der Waals surface area contributed by atoms with Gasteiger partial charge in [-0.1, -0.05) is 20.8 Å². The second kappa shape index (κ2) is 6.50. The van der Waals surface area contributed by atoms with Crippen LogP contribution >= 0.6 is 0 Å². The third-order valence-corrected chi connectivity index (χ3v) is 3.46. The van der Waals surface area contributed by atoms with Gasteiger partial charge in [-0.05, 0) is 30.3 Å². The van der Waals surface area contributed by atoms with Gasteiger partial charge in [0.25, 0.3) is 5.69 Å². The number of hydrogen-bond acceptors (Lipinski definition) is 4. The van der Waals surface area contributed by atoms with E-state index in [0.717, 1.165) is 0 Å². The highest BCUT2D eigenvalue weighted by molar-refractivity contribution is 6.06. The second-order valence-corrected chi connectivity index (χ2v) is 6.33. The van der Waals surface area contributed by atoms with Crippen LogP contribution < -0.4 is 0 Å². The molecule has 0 fully saturated rings. The van der Waals surface area contributed by atoms with Gasteiger partial charge in [0.2, 0.25) is 0 Å². The number of rotatable bonds is 4. The topological polar surface area (TPSA) is 88.9 Å². The van der Waals surface area contributed by atoms with Gasteiger partial charge < -0.3 is 4.57 Å². The van der Waals surface area contributed by atoms with E-state index in [2.05, 4.69) is 0 Å². The molecule has 1 aromatic heterocycles. The Morgan fingerprint density at radius 1 is 1.25 bits per heavy atom. The van der Waals surface area contributed by atoms with Gasteiger partial charge in [0.05, 0.1) is 10.5 Å². The number of allylic oxidation sites excluding steroid dienone is 1. The van der Waals surface area contributed by atoms with Gasteiger partial charge in [-0.3, -0.25) is 14.9 Å². The van der Waals surface area contributed by atoms with E-state index in [4.69, 9.17) is 0 Å². The van der Waals surface area contributed by atoms with Crippen LogP contribution in [0.25, 0.3) is 11.8 Å². The summed E-state index contributed by atoms with van der Waals surface area (Å²) in [5, 5.41) is 20.0. The number of hydrogen-bond donors (Lipinski definition) is 0. The quantitative estimate of drug-likeness (QED) is 0.369. The summed E-state index contributed by atoms with van der Waals surface area (Å²) in [5.74, 6) is -0.235. The Bertz CT molecular complexity index is 847. The number of ketones is 1. The molecule has 0 amide bonds. The lowest BCUT2D eigenvalue weighted by molar-refractivity contribution is -0.384. The Kier molecular flexibility index (Phi) is 4.65. The summed E-state index contributed by atoms with van der Waals surface area (Å²) in [5.41, 5.74) is 0.787. The van der Waals surface area contributed by atoms with Crippen molar-refractivity contribution in [3.8, 4) is 11.8 Å². The molecule has 2 aromatic rings. The van der Waals surface area contributed by atoms with Crippen molar-refractivity contribution < 1.29 is 9.72 Å². The van der Waals surface area contributed by atoms with E-state index < -0.39 is 10.3 Å². The molecule has 0 bridgehead atoms. The fourth-order valence-corrected chi connectivity index (χ4v) is 2.18. The first kappa shape index (κ1) is 17.2. The van der Waals surface area contributed by atoms with Crippen LogP contribution in [0.5, 0.6) is 0 Å². The van der Waals surface area contributed by atoms with Crippen molar-refractivity contribution in [3.05, 3.63) is 64.0 Å². The van der Waals surface area contributed by atoms with Crippen LogP contribution in [0.3, 0.4) is 0 Å². The van der Waals surface area contributed by atoms with E-state index in [1.54, 1.807) is 55.8 Å². The predicted octanol–water partition coefficient (Wildman–Crippen LogP) is 3.91. The minimum absolute atomic E-state index is 0.00335. The molecule has 0 saturated heterocycles. The Labute approximate surface area is 139 Å². The summed E-state index contributed by atoms with van der Waals surface area (Å²) in [6, 6.07) is 11.6. The predicted molar refractivity (Wildman–Crippen MR) is 90.5 cm³/mol. The number of nitro benzene ring substituents is 1. The number of non-ortho nitro benzene ring substituents is 1. The fraction of sp³-hybridized carbons (Fsp3) is 0.222. The molecule has 0 aliphatic rings. The zero-order valence-corrected chi connectivity index (χ0v) is 13.7. The number of nitriles is 1. The summed E-state index contributed by atoms with van der Waals surface area (Å²) in [6.07, 6.45) is 3.30. The number of nitrogens with zero attached hydrogens (tertiary/aromatic N) is 3. The lowest BCUT2D eigenvalue weighted by atomic mass is 9.86. The van der Waals surface area contributed by atoms with E-state index >= 15 is 0 Å². The maximum absolute atomic E-state index is 12.3. The lowest BCUT2D eigenvalue weighted by Crippen LogP contribution is -2.21. The zero-order chi connectivity index (χ0) is 17.9. The number of nitro groups is 1. The lowest BCUT2D eigenvalue weighted by Gasteiger charge is -2.15. The smallest absolute Gasteiger partial charge is 0.269 e. The highest BCUT2D eigenvalue weighted by atomic mass is 16.6. The molecule has 1 aromatic carbocycles. The van der Waals surface area contributed by atoms with Crippen LogP contribution in [0, 0.1) is 26.9 Å². The van der Waals surface area contributed by atoms with E-state index in [0.29, 0.717) is 11.4 Å². The van der Waals surface area contributed by atoms with E-state index in [-0.39, 0.29) is 17.0 Å². The van der Waals surface area contributed by atoms with Crippen LogP contribution in [-0.4, -0.2) is 15.3 Å². The second-order valence-electron chi connectivity index (χ2n) is 6.33. The molecule has 6 heteroatoms. The number of carbonyl (C=O) groups excluding carboxylic acids is 1. The Hall–Kier alpha value is -3.20. The van der Waals surface area contributed by atoms with Crippen LogP contribution in [0.2, 0.25) is 0 Å². The van der Waals surface area contributed by atoms with Crippen molar-refractivity contribution in [2.45, 2.75) is 20.8 Å². The minimum Gasteiger partial charge on any atom is -0.317 e. The number of benzene rings is 1. The molecule has 0 atom stereocenters. The normalized spacial score (nSPS) is 11.8. The number of carbonyl (C=O) groups is 1. The average Bonchev–Trinajstić information content (AvgIpc) is 2.99. The maximum atomic E-state index is 12.3. The molecule has 0 N–H and O–H groups in total. The molecule has 0 unspecified atom stereocenters. The molecular weight excluding hydrogens is 306 g/mol. The minimum atomic E-state index is -0.646. The van der Waals surface area contributed by atoms with Crippen LogP contribution in [0.15, 0.2) is 48.2 Å². The molecule has 0 spiro atoms. The van der Waals surface area contributed by atoms with Crippen molar-refractivity contribution >= 4 is 17.5 Å². The largest absolute Gasteiger partial charge is 0.317 e. The van der Waals surface area contributed by atoms with Gasteiger partial charge in [0.15, 0.2) is 5.78 Å². The molecule has 6 nitrogen and oxygen atoms in total. The summed E-state index contributed by atoms with van der Waals surface area (Å²) >= 11 is 0. The third-order valence-electron chi connectivity index (χ3n) is 3.46. The van der Waals surface area contributed by atoms with Gasteiger partial charge in [0, 0.05) is 35.1 Å². The van der Waals surface area contributed by atoms with E-state index in [1.165, 1.54) is 18.2 Å². The molecule has 122 valence electrons. The molecule has 0 aliphatic carbocycles. The molecule has 0 radical (unpaired) electrons. The highest BCUT2D eigenvalue weighted by Gasteiger charge is 2.25. The van der Waals surface area contributed by atoms with Gasteiger partial charge >= 0.3 is 0 Å². The summed E-state index contributed by atoms with van der Waals surface area (Å²) in [6.45, 7) is 5.28. The molecule has 0 saturated carbocycles. The molecule has 2 rings (SSSR count). The summed E-state index contributed by atoms with van der Waals surface area (Å²) in [4.78, 5) is 22.6. The molecule has 1 heterocycles. The Balaban J connectivity index is 2.43. The van der Waals surface area contributed by atoms with Crippen molar-refractivity contribution in [2.24, 2.45) is 5.41 Å². The monoisotopic (exact) mass is 323 g/mol. The standard InChI is InChI=1S/C18H17N3O3/c1-18(2,3)17(22)13(12-19)11-16-5-4-10-20(16)14-6-8-15(9-7-14)21(23)24/h4-11H,1-3H3/b13-11+. The van der Waals surface area contributed by atoms with Crippen molar-refractivity contribution in [1.29, 1.82) is 5.26 Å². The van der Waals surface area contributed by atoms with E-state index in [9.17, 15) is 20.2 Å². The molecule has 24 heavy (non-hydrogen) atoms. The van der Waals surface area contributed by atoms with Crippen LogP contribution in [0.1, 0.15) is 26.5 Å². The van der Waals surface area contributed by atoms with Gasteiger partial charge in [0.1, 0.15) is 6.07 Å². The SMILES string of the molecule is CC(C)(C)C(=O)/C(C#N)=C/c1cccn1-c1ccc([N+](=O)[O-])cc1. The Morgan fingerprint density at radius 3 is 2.38 bits per heavy atom. The molecule has 0 aliphatic heterocycles. The summed E-state index contributed by atoms with van der Waals surface area (Å²) < 4.78 is 1.76. The van der Waals surface area contributed by atoms with Gasteiger partial charge in [-0.25, -0.2) is 0 Å². The van der Waals surface area contributed by atoms with Crippen molar-refractivity contribution in [1.82, 2.24) is 4.57 Å². The van der Waals surface area contributed by atoms with Crippen LogP contribution in [0.4, 0.5) is 5.69 Å².